The highest BCUT2D eigenvalue weighted by molar-refractivity contribution is 5.93. The molecule has 2 N–H and O–H groups in total. The smallest absolute Gasteiger partial charge is 0.251 e. The third kappa shape index (κ3) is 4.03. The SMILES string of the molecule is CNC(=O)c1ccc(CN[C@@H](C)c2cnn(C(C)(C)C)c2C)cc1. The number of nitrogens with one attached hydrogen (secondary N) is 2. The maximum Gasteiger partial charge on any atom is 0.251 e. The summed E-state index contributed by atoms with van der Waals surface area (Å²) in [6.45, 7) is 11.5. The second-order valence-corrected chi connectivity index (χ2v) is 7.15. The fourth-order valence-electron chi connectivity index (χ4n) is 2.82. The highest BCUT2D eigenvalue weighted by atomic mass is 16.1. The molecule has 2 rings (SSSR count). The summed E-state index contributed by atoms with van der Waals surface area (Å²) < 4.78 is 2.07. The van der Waals surface area contributed by atoms with Gasteiger partial charge >= 0.3 is 0 Å². The number of carbonyl (C=O) groups is 1. The highest BCUT2D eigenvalue weighted by Crippen LogP contribution is 2.23. The molecule has 1 amide bonds. The van der Waals surface area contributed by atoms with Gasteiger partial charge in [-0.2, -0.15) is 5.10 Å². The number of benzene rings is 1. The van der Waals surface area contributed by atoms with E-state index in [2.05, 4.69) is 55.0 Å². The van der Waals surface area contributed by atoms with E-state index in [9.17, 15) is 4.79 Å². The van der Waals surface area contributed by atoms with Crippen LogP contribution in [0.25, 0.3) is 0 Å². The van der Waals surface area contributed by atoms with Gasteiger partial charge in [0.05, 0.1) is 11.7 Å². The van der Waals surface area contributed by atoms with Crippen molar-refractivity contribution in [1.82, 2.24) is 20.4 Å². The first kappa shape index (κ1) is 18.2. The van der Waals surface area contributed by atoms with Crippen LogP contribution < -0.4 is 10.6 Å². The topological polar surface area (TPSA) is 59.0 Å². The lowest BCUT2D eigenvalue weighted by Crippen LogP contribution is -2.25. The molecule has 0 saturated carbocycles. The van der Waals surface area contributed by atoms with Gasteiger partial charge in [-0.25, -0.2) is 0 Å². The summed E-state index contributed by atoms with van der Waals surface area (Å²) in [7, 11) is 1.64. The van der Waals surface area contributed by atoms with E-state index in [1.54, 1.807) is 7.05 Å². The van der Waals surface area contributed by atoms with Crippen LogP contribution in [0, 0.1) is 6.92 Å². The molecular weight excluding hydrogens is 300 g/mol. The van der Waals surface area contributed by atoms with Crippen LogP contribution in [-0.4, -0.2) is 22.7 Å². The van der Waals surface area contributed by atoms with Gasteiger partial charge in [-0.05, 0) is 52.3 Å². The summed E-state index contributed by atoms with van der Waals surface area (Å²) in [6, 6.07) is 7.87. The number of aromatic nitrogens is 2. The predicted octanol–water partition coefficient (Wildman–Crippen LogP) is 3.16. The van der Waals surface area contributed by atoms with E-state index in [1.165, 1.54) is 11.3 Å². The van der Waals surface area contributed by atoms with Crippen LogP contribution in [0.3, 0.4) is 0 Å². The second-order valence-electron chi connectivity index (χ2n) is 7.15. The normalized spacial score (nSPS) is 12.9. The Labute approximate surface area is 144 Å². The van der Waals surface area contributed by atoms with E-state index in [4.69, 9.17) is 0 Å². The summed E-state index contributed by atoms with van der Waals surface area (Å²) in [6.07, 6.45) is 1.95. The summed E-state index contributed by atoms with van der Waals surface area (Å²) in [5.74, 6) is -0.0619. The summed E-state index contributed by atoms with van der Waals surface area (Å²) >= 11 is 0. The minimum atomic E-state index is -0.0619. The molecular formula is C19H28N4O. The Morgan fingerprint density at radius 3 is 2.38 bits per heavy atom. The molecule has 1 atom stereocenters. The third-order valence-corrected chi connectivity index (χ3v) is 4.21. The average Bonchev–Trinajstić information content (AvgIpc) is 2.94. The van der Waals surface area contributed by atoms with Crippen molar-refractivity contribution >= 4 is 5.91 Å². The number of hydrogen-bond donors (Lipinski definition) is 2. The first-order valence-corrected chi connectivity index (χ1v) is 8.33. The molecule has 2 aromatic rings. The van der Waals surface area contributed by atoms with E-state index < -0.39 is 0 Å². The quantitative estimate of drug-likeness (QED) is 0.886. The molecule has 5 heteroatoms. The minimum Gasteiger partial charge on any atom is -0.355 e. The van der Waals surface area contributed by atoms with Gasteiger partial charge in [-0.1, -0.05) is 12.1 Å². The van der Waals surface area contributed by atoms with E-state index in [0.29, 0.717) is 5.56 Å². The first-order valence-electron chi connectivity index (χ1n) is 8.33. The Hall–Kier alpha value is -2.14. The maximum absolute atomic E-state index is 11.6. The molecule has 0 spiro atoms. The number of carbonyl (C=O) groups excluding carboxylic acids is 1. The molecule has 1 aromatic carbocycles. The van der Waals surface area contributed by atoms with E-state index >= 15 is 0 Å². The molecule has 0 aliphatic carbocycles. The highest BCUT2D eigenvalue weighted by Gasteiger charge is 2.20. The largest absolute Gasteiger partial charge is 0.355 e. The van der Waals surface area contributed by atoms with E-state index in [-0.39, 0.29) is 17.5 Å². The summed E-state index contributed by atoms with van der Waals surface area (Å²) in [5, 5.41) is 10.7. The molecule has 0 aliphatic heterocycles. The molecule has 24 heavy (non-hydrogen) atoms. The van der Waals surface area contributed by atoms with Crippen molar-refractivity contribution in [2.75, 3.05) is 7.05 Å². The lowest BCUT2D eigenvalue weighted by molar-refractivity contribution is 0.0963. The Balaban J connectivity index is 2.02. The zero-order valence-corrected chi connectivity index (χ0v) is 15.5. The first-order chi connectivity index (χ1) is 11.2. The van der Waals surface area contributed by atoms with Crippen molar-refractivity contribution < 1.29 is 4.79 Å². The molecule has 0 unspecified atom stereocenters. The van der Waals surface area contributed by atoms with Crippen LogP contribution >= 0.6 is 0 Å². The summed E-state index contributed by atoms with van der Waals surface area (Å²) in [4.78, 5) is 11.6. The molecule has 0 fully saturated rings. The van der Waals surface area contributed by atoms with Crippen molar-refractivity contribution in [3.8, 4) is 0 Å². The molecule has 5 nitrogen and oxygen atoms in total. The van der Waals surface area contributed by atoms with Crippen molar-refractivity contribution in [3.63, 3.8) is 0 Å². The zero-order chi connectivity index (χ0) is 17.9. The Kier molecular flexibility index (Phi) is 5.44. The van der Waals surface area contributed by atoms with E-state index in [0.717, 1.165) is 12.1 Å². The van der Waals surface area contributed by atoms with Gasteiger partial charge in [0, 0.05) is 36.5 Å². The van der Waals surface area contributed by atoms with Crippen LogP contribution in [-0.2, 0) is 12.1 Å². The van der Waals surface area contributed by atoms with Crippen molar-refractivity contribution in [3.05, 3.63) is 52.8 Å². The second kappa shape index (κ2) is 7.18. The van der Waals surface area contributed by atoms with Crippen LogP contribution in [0.15, 0.2) is 30.5 Å². The van der Waals surface area contributed by atoms with Crippen molar-refractivity contribution in [2.24, 2.45) is 0 Å². The lowest BCUT2D eigenvalue weighted by atomic mass is 10.1. The van der Waals surface area contributed by atoms with Crippen LogP contribution in [0.2, 0.25) is 0 Å². The van der Waals surface area contributed by atoms with Gasteiger partial charge in [0.15, 0.2) is 0 Å². The Morgan fingerprint density at radius 2 is 1.88 bits per heavy atom. The third-order valence-electron chi connectivity index (χ3n) is 4.21. The van der Waals surface area contributed by atoms with Gasteiger partial charge < -0.3 is 10.6 Å². The molecule has 130 valence electrons. The number of rotatable bonds is 5. The van der Waals surface area contributed by atoms with E-state index in [1.807, 2.05) is 30.5 Å². The fraction of sp³-hybridized carbons (Fsp3) is 0.474. The van der Waals surface area contributed by atoms with Gasteiger partial charge in [-0.15, -0.1) is 0 Å². The fourth-order valence-corrected chi connectivity index (χ4v) is 2.82. The van der Waals surface area contributed by atoms with Crippen molar-refractivity contribution in [2.45, 2.75) is 52.7 Å². The molecule has 0 radical (unpaired) electrons. The minimum absolute atomic E-state index is 0.0161. The summed E-state index contributed by atoms with van der Waals surface area (Å²) in [5.41, 5.74) is 4.22. The van der Waals surface area contributed by atoms with Crippen molar-refractivity contribution in [1.29, 1.82) is 0 Å². The molecule has 0 saturated heterocycles. The molecule has 0 aliphatic rings. The number of amides is 1. The standard InChI is InChI=1S/C19H28N4O/c1-13(17-12-22-23(14(17)2)19(3,4)5)21-11-15-7-9-16(10-8-15)18(24)20-6/h7-10,12-13,21H,11H2,1-6H3,(H,20,24)/t13-/m0/s1. The van der Waals surface area contributed by atoms with Crippen LogP contribution in [0.4, 0.5) is 0 Å². The monoisotopic (exact) mass is 328 g/mol. The maximum atomic E-state index is 11.6. The van der Waals surface area contributed by atoms with Crippen LogP contribution in [0.1, 0.15) is 60.9 Å². The lowest BCUT2D eigenvalue weighted by Gasteiger charge is -2.22. The van der Waals surface area contributed by atoms with Gasteiger partial charge in [0.1, 0.15) is 0 Å². The van der Waals surface area contributed by atoms with Gasteiger partial charge in [0.2, 0.25) is 0 Å². The Morgan fingerprint density at radius 1 is 1.25 bits per heavy atom. The van der Waals surface area contributed by atoms with Crippen LogP contribution in [0.5, 0.6) is 0 Å². The van der Waals surface area contributed by atoms with Gasteiger partial charge in [0.25, 0.3) is 5.91 Å². The number of nitrogens with zero attached hydrogens (tertiary/aromatic N) is 2. The number of hydrogen-bond acceptors (Lipinski definition) is 3. The average molecular weight is 328 g/mol. The molecule has 1 aromatic heterocycles. The van der Waals surface area contributed by atoms with Gasteiger partial charge in [-0.3, -0.25) is 9.48 Å². The zero-order valence-electron chi connectivity index (χ0n) is 15.5. The Bertz CT molecular complexity index is 695. The predicted molar refractivity (Wildman–Crippen MR) is 97.0 cm³/mol. The molecule has 0 bridgehead atoms. The molecule has 1 heterocycles.